The van der Waals surface area contributed by atoms with Crippen LogP contribution in [0.4, 0.5) is 0 Å². The summed E-state index contributed by atoms with van der Waals surface area (Å²) < 4.78 is 5.23. The Labute approximate surface area is 194 Å². The Kier molecular flexibility index (Phi) is 6.32. The largest absolute Gasteiger partial charge is 0.459 e. The Morgan fingerprint density at radius 2 is 1.97 bits per heavy atom. The van der Waals surface area contributed by atoms with Gasteiger partial charge in [0.05, 0.1) is 11.7 Å². The summed E-state index contributed by atoms with van der Waals surface area (Å²) in [4.78, 5) is 32.1. The number of nitrogens with zero attached hydrogens (tertiary/aromatic N) is 1. The Morgan fingerprint density at radius 3 is 2.67 bits per heavy atom. The molecule has 1 aromatic heterocycles. The van der Waals surface area contributed by atoms with Crippen LogP contribution in [0.15, 0.2) is 75.6 Å². The first kappa shape index (κ1) is 22.7. The average molecular weight is 443 g/mol. The van der Waals surface area contributed by atoms with Gasteiger partial charge in [-0.25, -0.2) is 4.79 Å². The van der Waals surface area contributed by atoms with Gasteiger partial charge in [-0.15, -0.1) is 0 Å². The van der Waals surface area contributed by atoms with Crippen molar-refractivity contribution in [3.63, 3.8) is 0 Å². The number of aliphatic imine (C=N–C) groups is 1. The third-order valence-corrected chi connectivity index (χ3v) is 6.24. The molecule has 0 radical (unpaired) electrons. The number of nitrogens with one attached hydrogen (secondary N) is 1. The third-order valence-electron chi connectivity index (χ3n) is 6.24. The van der Waals surface area contributed by atoms with Crippen LogP contribution < -0.4 is 5.56 Å². The number of ether oxygens (including phenoxy) is 1. The number of pyridine rings is 1. The number of rotatable bonds is 5. The van der Waals surface area contributed by atoms with Gasteiger partial charge in [-0.1, -0.05) is 35.9 Å². The van der Waals surface area contributed by atoms with Gasteiger partial charge < -0.3 is 9.72 Å². The van der Waals surface area contributed by atoms with E-state index >= 15 is 0 Å². The molecule has 0 amide bonds. The zero-order valence-electron chi connectivity index (χ0n) is 19.6. The molecule has 2 bridgehead atoms. The Hall–Kier alpha value is -3.47. The van der Waals surface area contributed by atoms with Crippen molar-refractivity contribution in [3.8, 4) is 0 Å². The fraction of sp³-hybridized carbons (Fsp3) is 0.321. The minimum absolute atomic E-state index is 0.0730. The van der Waals surface area contributed by atoms with Crippen molar-refractivity contribution < 1.29 is 9.53 Å². The summed E-state index contributed by atoms with van der Waals surface area (Å²) in [5.74, 6) is -0.0714. The number of hydrogen-bond acceptors (Lipinski definition) is 4. The fourth-order valence-corrected chi connectivity index (χ4v) is 4.99. The number of fused-ring (bicyclic) bond motifs is 4. The van der Waals surface area contributed by atoms with Crippen molar-refractivity contribution in [3.05, 3.63) is 98.5 Å². The summed E-state index contributed by atoms with van der Waals surface area (Å²) in [7, 11) is 0. The number of carbonyl (C=O) groups excluding carboxylic acids is 1. The molecule has 0 spiro atoms. The minimum atomic E-state index is -0.495. The smallest absolute Gasteiger partial charge is 0.338 e. The molecule has 2 aliphatic rings. The standard InChI is InChI=1S/C28H30N2O3/c1-5-23-22-15-19(4)17-28(23,24-12-13-26(31)30-25(24)16-22)29-14-6-7-20-8-10-21(11-9-20)27(32)33-18(2)3/h5-15,18,22H,16-17H2,1-4H3,(H,30,31)/b7-6+,23-5+,29-14?. The highest BCUT2D eigenvalue weighted by molar-refractivity contribution is 5.90. The number of aromatic nitrogens is 1. The lowest BCUT2D eigenvalue weighted by atomic mass is 9.63. The highest BCUT2D eigenvalue weighted by Crippen LogP contribution is 2.51. The van der Waals surface area contributed by atoms with E-state index in [-0.39, 0.29) is 23.6 Å². The number of allylic oxidation sites excluding steroid dienone is 3. The molecular weight excluding hydrogens is 412 g/mol. The van der Waals surface area contributed by atoms with Crippen molar-refractivity contribution >= 4 is 18.3 Å². The monoisotopic (exact) mass is 442 g/mol. The molecular formula is C28H30N2O3. The van der Waals surface area contributed by atoms with Crippen LogP contribution in [0.3, 0.4) is 0 Å². The highest BCUT2D eigenvalue weighted by Gasteiger charge is 2.46. The molecule has 1 N–H and O–H groups in total. The van der Waals surface area contributed by atoms with Gasteiger partial charge in [0.1, 0.15) is 5.54 Å². The van der Waals surface area contributed by atoms with Gasteiger partial charge in [-0.05, 0) is 69.5 Å². The van der Waals surface area contributed by atoms with Gasteiger partial charge in [-0.2, -0.15) is 0 Å². The third kappa shape index (κ3) is 4.54. The Morgan fingerprint density at radius 1 is 1.21 bits per heavy atom. The van der Waals surface area contributed by atoms with E-state index in [9.17, 15) is 9.59 Å². The molecule has 0 aliphatic heterocycles. The lowest BCUT2D eigenvalue weighted by Gasteiger charge is -2.45. The number of aromatic amines is 1. The van der Waals surface area contributed by atoms with Crippen molar-refractivity contribution in [1.82, 2.24) is 4.98 Å². The van der Waals surface area contributed by atoms with Gasteiger partial charge in [0, 0.05) is 35.9 Å². The summed E-state index contributed by atoms with van der Waals surface area (Å²) in [6.45, 7) is 7.89. The van der Waals surface area contributed by atoms with Crippen LogP contribution in [0.1, 0.15) is 61.3 Å². The summed E-state index contributed by atoms with van der Waals surface area (Å²) >= 11 is 0. The van der Waals surface area contributed by atoms with E-state index in [1.807, 2.05) is 50.4 Å². The lowest BCUT2D eigenvalue weighted by Crippen LogP contribution is -2.40. The molecule has 2 aromatic rings. The SMILES string of the molecule is C/C=C1\C2C=C(C)CC1(N=C/C=C/c1ccc(C(=O)OC(C)C)cc1)c1ccc(=O)[nH]c1C2. The maximum Gasteiger partial charge on any atom is 0.338 e. The predicted octanol–water partition coefficient (Wildman–Crippen LogP) is 5.39. The predicted molar refractivity (Wildman–Crippen MR) is 133 cm³/mol. The zero-order chi connectivity index (χ0) is 23.6. The topological polar surface area (TPSA) is 71.5 Å². The van der Waals surface area contributed by atoms with Gasteiger partial charge in [0.15, 0.2) is 0 Å². The normalized spacial score (nSPS) is 23.2. The molecule has 4 rings (SSSR count). The first-order chi connectivity index (χ1) is 15.8. The van der Waals surface area contributed by atoms with E-state index in [4.69, 9.17) is 9.73 Å². The molecule has 33 heavy (non-hydrogen) atoms. The molecule has 2 atom stereocenters. The summed E-state index contributed by atoms with van der Waals surface area (Å²) in [6.07, 6.45) is 11.7. The maximum atomic E-state index is 12.0. The lowest BCUT2D eigenvalue weighted by molar-refractivity contribution is 0.0378. The second-order valence-corrected chi connectivity index (χ2v) is 9.03. The molecule has 0 saturated carbocycles. The second-order valence-electron chi connectivity index (χ2n) is 9.03. The van der Waals surface area contributed by atoms with Crippen LogP contribution >= 0.6 is 0 Å². The quantitative estimate of drug-likeness (QED) is 0.383. The summed E-state index contributed by atoms with van der Waals surface area (Å²) in [6, 6.07) is 10.8. The van der Waals surface area contributed by atoms with Crippen LogP contribution in [0.25, 0.3) is 6.08 Å². The molecule has 1 heterocycles. The van der Waals surface area contributed by atoms with E-state index in [0.717, 1.165) is 29.7 Å². The molecule has 0 fully saturated rings. The van der Waals surface area contributed by atoms with E-state index in [1.54, 1.807) is 18.2 Å². The summed E-state index contributed by atoms with van der Waals surface area (Å²) in [5, 5.41) is 0. The van der Waals surface area contributed by atoms with Crippen molar-refractivity contribution in [2.24, 2.45) is 10.9 Å². The zero-order valence-corrected chi connectivity index (χ0v) is 19.6. The molecule has 0 saturated heterocycles. The number of benzene rings is 1. The summed E-state index contributed by atoms with van der Waals surface area (Å²) in [5.41, 5.74) is 5.59. The number of carbonyl (C=O) groups is 1. The molecule has 1 aromatic carbocycles. The highest BCUT2D eigenvalue weighted by atomic mass is 16.5. The van der Waals surface area contributed by atoms with E-state index in [1.165, 1.54) is 11.1 Å². The molecule has 170 valence electrons. The van der Waals surface area contributed by atoms with Gasteiger partial charge in [-0.3, -0.25) is 9.79 Å². The molecule has 5 nitrogen and oxygen atoms in total. The number of esters is 1. The van der Waals surface area contributed by atoms with Crippen molar-refractivity contribution in [2.45, 2.75) is 52.2 Å². The minimum Gasteiger partial charge on any atom is -0.459 e. The molecule has 5 heteroatoms. The van der Waals surface area contributed by atoms with Gasteiger partial charge >= 0.3 is 5.97 Å². The molecule has 2 unspecified atom stereocenters. The van der Waals surface area contributed by atoms with E-state index in [2.05, 4.69) is 31.0 Å². The average Bonchev–Trinajstić information content (AvgIpc) is 2.76. The first-order valence-electron chi connectivity index (χ1n) is 11.4. The maximum absolute atomic E-state index is 12.0. The van der Waals surface area contributed by atoms with Crippen molar-refractivity contribution in [2.75, 3.05) is 0 Å². The van der Waals surface area contributed by atoms with Gasteiger partial charge in [0.25, 0.3) is 0 Å². The van der Waals surface area contributed by atoms with Crippen LogP contribution in [0.2, 0.25) is 0 Å². The Balaban J connectivity index is 1.61. The van der Waals surface area contributed by atoms with Crippen molar-refractivity contribution in [1.29, 1.82) is 0 Å². The van der Waals surface area contributed by atoms with E-state index in [0.29, 0.717) is 5.56 Å². The number of H-pyrrole nitrogens is 1. The van der Waals surface area contributed by atoms with Crippen LogP contribution in [0.5, 0.6) is 0 Å². The Bertz CT molecular complexity index is 1230. The first-order valence-corrected chi connectivity index (χ1v) is 11.4. The fourth-order valence-electron chi connectivity index (χ4n) is 4.99. The van der Waals surface area contributed by atoms with Crippen LogP contribution in [0, 0.1) is 5.92 Å². The second kappa shape index (κ2) is 9.18. The van der Waals surface area contributed by atoms with Gasteiger partial charge in [0.2, 0.25) is 5.56 Å². The molecule has 2 aliphatic carbocycles. The van der Waals surface area contributed by atoms with Crippen LogP contribution in [-0.4, -0.2) is 23.3 Å². The number of hydrogen-bond donors (Lipinski definition) is 1. The van der Waals surface area contributed by atoms with E-state index < -0.39 is 5.54 Å². The van der Waals surface area contributed by atoms with Crippen LogP contribution in [-0.2, 0) is 16.7 Å².